The molecule has 2 atom stereocenters. The third kappa shape index (κ3) is 3.30. The molecular formula is C15H17FN2O4S. The molecule has 2 unspecified atom stereocenters. The molecule has 1 aromatic heterocycles. The number of hydrogen-bond donors (Lipinski definition) is 1. The van der Waals surface area contributed by atoms with E-state index in [-0.39, 0.29) is 13.2 Å². The van der Waals surface area contributed by atoms with Crippen molar-refractivity contribution in [2.24, 2.45) is 0 Å². The van der Waals surface area contributed by atoms with Crippen LogP contribution in [0.3, 0.4) is 0 Å². The quantitative estimate of drug-likeness (QED) is 0.899. The highest BCUT2D eigenvalue weighted by Gasteiger charge is 2.44. The normalized spacial score (nSPS) is 22.5. The molecule has 1 aliphatic rings. The third-order valence-corrected chi connectivity index (χ3v) is 5.57. The third-order valence-electron chi connectivity index (χ3n) is 3.84. The summed E-state index contributed by atoms with van der Waals surface area (Å²) >= 11 is 0. The van der Waals surface area contributed by atoms with Crippen molar-refractivity contribution in [3.8, 4) is 0 Å². The van der Waals surface area contributed by atoms with Gasteiger partial charge in [-0.2, -0.15) is 5.06 Å². The molecule has 8 heteroatoms. The van der Waals surface area contributed by atoms with Crippen LogP contribution in [-0.2, 0) is 21.4 Å². The van der Waals surface area contributed by atoms with Gasteiger partial charge in [-0.1, -0.05) is 18.2 Å². The summed E-state index contributed by atoms with van der Waals surface area (Å²) < 4.78 is 46.9. The minimum atomic E-state index is -3.73. The lowest BCUT2D eigenvalue weighted by Gasteiger charge is -2.23. The molecule has 2 heterocycles. The molecule has 0 spiro atoms. The van der Waals surface area contributed by atoms with Crippen molar-refractivity contribution in [2.75, 3.05) is 13.7 Å². The molecular weight excluding hydrogens is 323 g/mol. The van der Waals surface area contributed by atoms with E-state index in [4.69, 9.17) is 9.25 Å². The zero-order valence-electron chi connectivity index (χ0n) is 12.5. The molecule has 1 saturated heterocycles. The summed E-state index contributed by atoms with van der Waals surface area (Å²) in [7, 11) is -2.13. The molecule has 3 rings (SSSR count). The van der Waals surface area contributed by atoms with Gasteiger partial charge in [-0.05, 0) is 18.2 Å². The minimum Gasteiger partial charge on any atom is -0.468 e. The lowest BCUT2D eigenvalue weighted by molar-refractivity contribution is -0.111. The van der Waals surface area contributed by atoms with Crippen LogP contribution in [0, 0.1) is 5.82 Å². The molecule has 0 saturated carbocycles. The minimum absolute atomic E-state index is 0.0387. The first kappa shape index (κ1) is 16.1. The summed E-state index contributed by atoms with van der Waals surface area (Å²) in [5.41, 5.74) is 0.292. The second kappa shape index (κ2) is 6.40. The zero-order valence-corrected chi connectivity index (χ0v) is 13.3. The van der Waals surface area contributed by atoms with Crippen LogP contribution in [-0.4, -0.2) is 32.4 Å². The molecule has 1 N–H and O–H groups in total. The SMILES string of the molecule is CN1OCC(S(=O)(=O)NCc2ccco2)C1c1ccccc1F. The summed E-state index contributed by atoms with van der Waals surface area (Å²) in [4.78, 5) is 5.33. The molecule has 2 aromatic rings. The van der Waals surface area contributed by atoms with Gasteiger partial charge in [-0.15, -0.1) is 0 Å². The van der Waals surface area contributed by atoms with Gasteiger partial charge in [0.1, 0.15) is 16.8 Å². The number of furan rings is 1. The summed E-state index contributed by atoms with van der Waals surface area (Å²) in [5, 5.41) is 0.467. The standard InChI is InChI=1S/C15H17FN2O4S/c1-18-15(12-6-2-3-7-13(12)16)14(10-22-18)23(19,20)17-9-11-5-4-8-21-11/h2-8,14-15,17H,9-10H2,1H3. The zero-order chi connectivity index (χ0) is 16.4. The van der Waals surface area contributed by atoms with Crippen LogP contribution in [0.25, 0.3) is 0 Å². The molecule has 0 bridgehead atoms. The van der Waals surface area contributed by atoms with E-state index in [0.717, 1.165) is 0 Å². The maximum Gasteiger partial charge on any atom is 0.219 e. The van der Waals surface area contributed by atoms with Gasteiger partial charge in [0.15, 0.2) is 0 Å². The smallest absolute Gasteiger partial charge is 0.219 e. The predicted octanol–water partition coefficient (Wildman–Crippen LogP) is 1.82. The van der Waals surface area contributed by atoms with Gasteiger partial charge in [0.25, 0.3) is 0 Å². The number of nitrogens with one attached hydrogen (secondary N) is 1. The van der Waals surface area contributed by atoms with Crippen molar-refractivity contribution < 1.29 is 22.1 Å². The van der Waals surface area contributed by atoms with Crippen molar-refractivity contribution in [1.29, 1.82) is 0 Å². The molecule has 0 amide bonds. The van der Waals surface area contributed by atoms with Gasteiger partial charge in [-0.25, -0.2) is 17.5 Å². The maximum atomic E-state index is 14.1. The summed E-state index contributed by atoms with van der Waals surface area (Å²) in [6.45, 7) is 0.00251. The summed E-state index contributed by atoms with van der Waals surface area (Å²) in [5.74, 6) is 0.0457. The highest BCUT2D eigenvalue weighted by Crippen LogP contribution is 2.34. The first-order valence-corrected chi connectivity index (χ1v) is 8.65. The Hall–Kier alpha value is -1.74. The lowest BCUT2D eigenvalue weighted by atomic mass is 10.0. The second-order valence-electron chi connectivity index (χ2n) is 5.29. The summed E-state index contributed by atoms with van der Waals surface area (Å²) in [6, 6.07) is 8.75. The maximum absolute atomic E-state index is 14.1. The first-order chi connectivity index (χ1) is 11.0. The van der Waals surface area contributed by atoms with E-state index in [1.807, 2.05) is 0 Å². The largest absolute Gasteiger partial charge is 0.468 e. The number of sulfonamides is 1. The fourth-order valence-corrected chi connectivity index (χ4v) is 4.11. The van der Waals surface area contributed by atoms with Gasteiger partial charge in [0, 0.05) is 12.6 Å². The molecule has 124 valence electrons. The first-order valence-electron chi connectivity index (χ1n) is 7.10. The fourth-order valence-electron chi connectivity index (χ4n) is 2.66. The van der Waals surface area contributed by atoms with E-state index >= 15 is 0 Å². The Labute approximate surface area is 133 Å². The Balaban J connectivity index is 1.83. The van der Waals surface area contributed by atoms with E-state index < -0.39 is 27.1 Å². The van der Waals surface area contributed by atoms with Gasteiger partial charge < -0.3 is 4.42 Å². The predicted molar refractivity (Wildman–Crippen MR) is 81.1 cm³/mol. The average molecular weight is 340 g/mol. The van der Waals surface area contributed by atoms with Crippen LogP contribution in [0.15, 0.2) is 47.1 Å². The molecule has 0 radical (unpaired) electrons. The van der Waals surface area contributed by atoms with Crippen LogP contribution >= 0.6 is 0 Å². The topological polar surface area (TPSA) is 71.8 Å². The van der Waals surface area contributed by atoms with Gasteiger partial charge in [0.2, 0.25) is 10.0 Å². The Kier molecular flexibility index (Phi) is 4.49. The van der Waals surface area contributed by atoms with E-state index in [1.54, 1.807) is 37.4 Å². The summed E-state index contributed by atoms with van der Waals surface area (Å²) in [6.07, 6.45) is 1.47. The van der Waals surface area contributed by atoms with Gasteiger partial charge >= 0.3 is 0 Å². The van der Waals surface area contributed by atoms with Crippen LogP contribution < -0.4 is 4.72 Å². The highest BCUT2D eigenvalue weighted by molar-refractivity contribution is 7.90. The van der Waals surface area contributed by atoms with E-state index in [2.05, 4.69) is 4.72 Å². The van der Waals surface area contributed by atoms with E-state index in [1.165, 1.54) is 17.4 Å². The van der Waals surface area contributed by atoms with Crippen molar-refractivity contribution in [3.05, 3.63) is 59.8 Å². The van der Waals surface area contributed by atoms with Crippen LogP contribution in [0.2, 0.25) is 0 Å². The number of hydroxylamine groups is 2. The average Bonchev–Trinajstić information content (AvgIpc) is 3.16. The Bertz CT molecular complexity index is 764. The van der Waals surface area contributed by atoms with Crippen LogP contribution in [0.1, 0.15) is 17.4 Å². The van der Waals surface area contributed by atoms with Crippen molar-refractivity contribution in [3.63, 3.8) is 0 Å². The number of nitrogens with zero attached hydrogens (tertiary/aromatic N) is 1. The van der Waals surface area contributed by atoms with Gasteiger partial charge in [-0.3, -0.25) is 4.84 Å². The number of hydrogen-bond acceptors (Lipinski definition) is 5. The number of benzene rings is 1. The molecule has 6 nitrogen and oxygen atoms in total. The Morgan fingerprint density at radius 2 is 2.09 bits per heavy atom. The fraction of sp³-hybridized carbons (Fsp3) is 0.333. The lowest BCUT2D eigenvalue weighted by Crippen LogP contribution is -2.39. The van der Waals surface area contributed by atoms with Crippen molar-refractivity contribution in [2.45, 2.75) is 17.8 Å². The molecule has 23 heavy (non-hydrogen) atoms. The molecule has 1 aromatic carbocycles. The Morgan fingerprint density at radius 3 is 2.78 bits per heavy atom. The second-order valence-corrected chi connectivity index (χ2v) is 7.28. The molecule has 1 aliphatic heterocycles. The van der Waals surface area contributed by atoms with Gasteiger partial charge in [0.05, 0.1) is 25.5 Å². The van der Waals surface area contributed by atoms with Crippen LogP contribution in [0.4, 0.5) is 4.39 Å². The van der Waals surface area contributed by atoms with E-state index in [0.29, 0.717) is 11.3 Å². The highest BCUT2D eigenvalue weighted by atomic mass is 32.2. The van der Waals surface area contributed by atoms with E-state index in [9.17, 15) is 12.8 Å². The monoisotopic (exact) mass is 340 g/mol. The number of rotatable bonds is 5. The van der Waals surface area contributed by atoms with Crippen molar-refractivity contribution in [1.82, 2.24) is 9.79 Å². The molecule has 0 aliphatic carbocycles. The Morgan fingerprint density at radius 1 is 1.30 bits per heavy atom. The number of halogens is 1. The van der Waals surface area contributed by atoms with Crippen LogP contribution in [0.5, 0.6) is 0 Å². The van der Waals surface area contributed by atoms with Crippen molar-refractivity contribution >= 4 is 10.0 Å². The molecule has 1 fully saturated rings.